The molecule has 0 saturated carbocycles. The maximum atomic E-state index is 12.7. The van der Waals surface area contributed by atoms with Crippen molar-refractivity contribution in [1.82, 2.24) is 25.4 Å². The third-order valence-corrected chi connectivity index (χ3v) is 6.17. The fourth-order valence-electron chi connectivity index (χ4n) is 3.77. The van der Waals surface area contributed by atoms with Crippen LogP contribution in [0.1, 0.15) is 29.8 Å². The van der Waals surface area contributed by atoms with Crippen LogP contribution in [0.4, 0.5) is 5.13 Å². The Morgan fingerprint density at radius 1 is 1.32 bits per heavy atom. The molecular formula is C19H24N6O2S. The third-order valence-electron chi connectivity index (χ3n) is 5.31. The minimum Gasteiger partial charge on any atom is -0.353 e. The molecule has 1 N–H and O–H groups in total. The molecule has 4 rings (SSSR count). The summed E-state index contributed by atoms with van der Waals surface area (Å²) in [4.78, 5) is 33.1. The van der Waals surface area contributed by atoms with Gasteiger partial charge in [0.25, 0.3) is 0 Å². The average Bonchev–Trinajstić information content (AvgIpc) is 3.30. The molecule has 2 aliphatic rings. The molecule has 8 nitrogen and oxygen atoms in total. The number of piperidine rings is 1. The normalized spacial score (nSPS) is 21.2. The summed E-state index contributed by atoms with van der Waals surface area (Å²) in [7, 11) is 0. The van der Waals surface area contributed by atoms with E-state index >= 15 is 0 Å². The van der Waals surface area contributed by atoms with Gasteiger partial charge >= 0.3 is 0 Å². The molecule has 0 spiro atoms. The van der Waals surface area contributed by atoms with Gasteiger partial charge < -0.3 is 5.32 Å². The summed E-state index contributed by atoms with van der Waals surface area (Å²) in [5.74, 6) is -0.393. The summed E-state index contributed by atoms with van der Waals surface area (Å²) < 4.78 is 0. The number of nitrogens with one attached hydrogen (secondary N) is 1. The first-order valence-electron chi connectivity index (χ1n) is 9.60. The van der Waals surface area contributed by atoms with Gasteiger partial charge in [-0.2, -0.15) is 0 Å². The first-order chi connectivity index (χ1) is 13.6. The van der Waals surface area contributed by atoms with Gasteiger partial charge in [-0.1, -0.05) is 17.4 Å². The lowest BCUT2D eigenvalue weighted by Gasteiger charge is -2.32. The zero-order valence-corrected chi connectivity index (χ0v) is 16.7. The summed E-state index contributed by atoms with van der Waals surface area (Å²) >= 11 is 1.38. The molecule has 0 bridgehead atoms. The van der Waals surface area contributed by atoms with Crippen LogP contribution in [0.2, 0.25) is 0 Å². The largest absolute Gasteiger partial charge is 0.353 e. The van der Waals surface area contributed by atoms with Gasteiger partial charge in [-0.25, -0.2) is 0 Å². The van der Waals surface area contributed by atoms with Crippen LogP contribution >= 0.6 is 11.3 Å². The molecule has 2 saturated heterocycles. The minimum absolute atomic E-state index is 0.0252. The standard InChI is InChI=1S/C19H24N6O2S/c1-13-22-23-19(28-13)25-12-15(9-17(25)26)18(27)21-16-4-7-24(8-5-16)11-14-3-2-6-20-10-14/h2-3,6,10,15-16H,4-5,7-9,11-12H2,1H3,(H,21,27). The van der Waals surface area contributed by atoms with Crippen LogP contribution in [0.25, 0.3) is 0 Å². The van der Waals surface area contributed by atoms with Gasteiger partial charge in [-0.05, 0) is 31.4 Å². The third kappa shape index (κ3) is 4.36. The van der Waals surface area contributed by atoms with E-state index in [1.54, 1.807) is 11.1 Å². The number of hydrogen-bond acceptors (Lipinski definition) is 7. The molecule has 28 heavy (non-hydrogen) atoms. The van der Waals surface area contributed by atoms with Crippen molar-refractivity contribution in [2.45, 2.75) is 38.8 Å². The smallest absolute Gasteiger partial charge is 0.229 e. The second kappa shape index (κ2) is 8.32. The molecule has 1 atom stereocenters. The second-order valence-corrected chi connectivity index (χ2v) is 8.59. The van der Waals surface area contributed by atoms with Crippen molar-refractivity contribution < 1.29 is 9.59 Å². The van der Waals surface area contributed by atoms with E-state index in [9.17, 15) is 9.59 Å². The van der Waals surface area contributed by atoms with Gasteiger partial charge in [0.2, 0.25) is 16.9 Å². The van der Waals surface area contributed by atoms with E-state index in [0.29, 0.717) is 11.7 Å². The van der Waals surface area contributed by atoms with Gasteiger partial charge in [0.05, 0.1) is 5.92 Å². The van der Waals surface area contributed by atoms with Gasteiger partial charge in [0.15, 0.2) is 0 Å². The van der Waals surface area contributed by atoms with Crippen molar-refractivity contribution in [2.24, 2.45) is 5.92 Å². The minimum atomic E-state index is -0.315. The van der Waals surface area contributed by atoms with E-state index in [2.05, 4.69) is 31.5 Å². The number of rotatable bonds is 5. The van der Waals surface area contributed by atoms with Crippen molar-refractivity contribution in [3.63, 3.8) is 0 Å². The SMILES string of the molecule is Cc1nnc(N2CC(C(=O)NC3CCN(Cc4cccnc4)CC3)CC2=O)s1. The molecule has 2 fully saturated rings. The summed E-state index contributed by atoms with van der Waals surface area (Å²) in [6.45, 7) is 5.02. The summed E-state index contributed by atoms with van der Waals surface area (Å²) in [5.41, 5.74) is 1.21. The topological polar surface area (TPSA) is 91.3 Å². The van der Waals surface area contributed by atoms with Crippen LogP contribution in [0, 0.1) is 12.8 Å². The summed E-state index contributed by atoms with van der Waals surface area (Å²) in [5, 5.41) is 12.5. The molecule has 4 heterocycles. The van der Waals surface area contributed by atoms with Crippen molar-refractivity contribution >= 4 is 28.3 Å². The van der Waals surface area contributed by atoms with E-state index < -0.39 is 0 Å². The van der Waals surface area contributed by atoms with Gasteiger partial charge in [-0.15, -0.1) is 10.2 Å². The molecule has 148 valence electrons. The lowest BCUT2D eigenvalue weighted by molar-refractivity contribution is -0.127. The van der Waals surface area contributed by atoms with Crippen molar-refractivity contribution in [2.75, 3.05) is 24.5 Å². The molecule has 0 aromatic carbocycles. The average molecular weight is 401 g/mol. The number of carbonyl (C=O) groups is 2. The van der Waals surface area contributed by atoms with Crippen LogP contribution < -0.4 is 10.2 Å². The number of aromatic nitrogens is 3. The molecule has 2 aromatic heterocycles. The van der Waals surface area contributed by atoms with E-state index in [4.69, 9.17) is 0 Å². The van der Waals surface area contributed by atoms with E-state index in [0.717, 1.165) is 37.5 Å². The van der Waals surface area contributed by atoms with Crippen LogP contribution in [-0.2, 0) is 16.1 Å². The number of amides is 2. The fraction of sp³-hybridized carbons (Fsp3) is 0.526. The first kappa shape index (κ1) is 18.9. The number of carbonyl (C=O) groups excluding carboxylic acids is 2. The lowest BCUT2D eigenvalue weighted by Crippen LogP contribution is -2.46. The maximum absolute atomic E-state index is 12.7. The van der Waals surface area contributed by atoms with Crippen molar-refractivity contribution in [3.05, 3.63) is 35.1 Å². The lowest BCUT2D eigenvalue weighted by atomic mass is 10.0. The zero-order valence-electron chi connectivity index (χ0n) is 15.9. The van der Waals surface area contributed by atoms with Crippen molar-refractivity contribution in [1.29, 1.82) is 0 Å². The Balaban J connectivity index is 1.25. The predicted octanol–water partition coefficient (Wildman–Crippen LogP) is 1.38. The Kier molecular flexibility index (Phi) is 5.63. The molecule has 9 heteroatoms. The first-order valence-corrected chi connectivity index (χ1v) is 10.4. The van der Waals surface area contributed by atoms with Crippen LogP contribution in [0.3, 0.4) is 0 Å². The van der Waals surface area contributed by atoms with Crippen LogP contribution in [0.15, 0.2) is 24.5 Å². The van der Waals surface area contributed by atoms with E-state index in [1.165, 1.54) is 16.9 Å². The molecule has 2 aromatic rings. The number of likely N-dealkylation sites (tertiary alicyclic amines) is 1. The summed E-state index contributed by atoms with van der Waals surface area (Å²) in [6, 6.07) is 4.21. The van der Waals surface area contributed by atoms with E-state index in [1.807, 2.05) is 19.2 Å². The van der Waals surface area contributed by atoms with E-state index in [-0.39, 0.29) is 30.2 Å². The molecular weight excluding hydrogens is 376 g/mol. The summed E-state index contributed by atoms with van der Waals surface area (Å²) in [6.07, 6.45) is 5.77. The Labute approximate surface area is 168 Å². The monoisotopic (exact) mass is 400 g/mol. The second-order valence-electron chi connectivity index (χ2n) is 7.43. The number of hydrogen-bond donors (Lipinski definition) is 1. The molecule has 0 aliphatic carbocycles. The number of aryl methyl sites for hydroxylation is 1. The number of anilines is 1. The molecule has 0 radical (unpaired) electrons. The zero-order chi connectivity index (χ0) is 19.5. The highest BCUT2D eigenvalue weighted by Crippen LogP contribution is 2.28. The van der Waals surface area contributed by atoms with Crippen molar-refractivity contribution in [3.8, 4) is 0 Å². The Bertz CT molecular complexity index is 834. The quantitative estimate of drug-likeness (QED) is 0.815. The highest BCUT2D eigenvalue weighted by atomic mass is 32.1. The molecule has 2 aliphatic heterocycles. The maximum Gasteiger partial charge on any atom is 0.229 e. The Morgan fingerprint density at radius 2 is 2.14 bits per heavy atom. The van der Waals surface area contributed by atoms with Gasteiger partial charge in [0, 0.05) is 51.0 Å². The van der Waals surface area contributed by atoms with Crippen LogP contribution in [0.5, 0.6) is 0 Å². The van der Waals surface area contributed by atoms with Gasteiger partial charge in [0.1, 0.15) is 5.01 Å². The molecule has 2 amide bonds. The highest BCUT2D eigenvalue weighted by molar-refractivity contribution is 7.15. The van der Waals surface area contributed by atoms with Crippen LogP contribution in [-0.4, -0.2) is 57.6 Å². The number of pyridine rings is 1. The number of nitrogens with zero attached hydrogens (tertiary/aromatic N) is 5. The fourth-order valence-corrected chi connectivity index (χ4v) is 4.48. The predicted molar refractivity (Wildman–Crippen MR) is 106 cm³/mol. The Hall–Kier alpha value is -2.39. The van der Waals surface area contributed by atoms with Gasteiger partial charge in [-0.3, -0.25) is 24.4 Å². The Morgan fingerprint density at radius 3 is 2.82 bits per heavy atom. The highest BCUT2D eigenvalue weighted by Gasteiger charge is 2.37. The molecule has 1 unspecified atom stereocenters.